The molecule has 23 heavy (non-hydrogen) atoms. The summed E-state index contributed by atoms with van der Waals surface area (Å²) in [6.07, 6.45) is 3.66. The molecule has 5 heteroatoms. The highest BCUT2D eigenvalue weighted by Crippen LogP contribution is 2.36. The van der Waals surface area contributed by atoms with E-state index in [2.05, 4.69) is 4.98 Å². The van der Waals surface area contributed by atoms with Crippen LogP contribution in [0.15, 0.2) is 48.8 Å². The lowest BCUT2D eigenvalue weighted by Crippen LogP contribution is -2.25. The van der Waals surface area contributed by atoms with Gasteiger partial charge in [0.2, 0.25) is 0 Å². The van der Waals surface area contributed by atoms with Crippen LogP contribution in [0.4, 0.5) is 4.39 Å². The highest BCUT2D eigenvalue weighted by atomic mass is 19.1. The van der Waals surface area contributed by atoms with E-state index >= 15 is 0 Å². The van der Waals surface area contributed by atoms with E-state index in [1.807, 2.05) is 23.7 Å². The maximum Gasteiger partial charge on any atom is 0.123 e. The summed E-state index contributed by atoms with van der Waals surface area (Å²) in [5.41, 5.74) is 4.87. The molecule has 1 aliphatic heterocycles. The highest BCUT2D eigenvalue weighted by Gasteiger charge is 2.25. The molecule has 3 heterocycles. The van der Waals surface area contributed by atoms with Gasteiger partial charge in [0.1, 0.15) is 11.5 Å². The average Bonchev–Trinajstić information content (AvgIpc) is 2.94. The third kappa shape index (κ3) is 2.53. The first kappa shape index (κ1) is 14.1. The van der Waals surface area contributed by atoms with Crippen molar-refractivity contribution in [2.75, 3.05) is 0 Å². The van der Waals surface area contributed by atoms with Crippen molar-refractivity contribution >= 4 is 0 Å². The number of halogens is 1. The van der Waals surface area contributed by atoms with Gasteiger partial charge in [-0.3, -0.25) is 9.67 Å². The molecule has 1 aliphatic rings. The molecule has 3 aromatic rings. The molecule has 4 rings (SSSR count). The van der Waals surface area contributed by atoms with Crippen molar-refractivity contribution in [3.05, 3.63) is 60.3 Å². The maximum absolute atomic E-state index is 13.3. The van der Waals surface area contributed by atoms with Crippen LogP contribution in [0, 0.1) is 5.82 Å². The zero-order valence-electron chi connectivity index (χ0n) is 12.7. The van der Waals surface area contributed by atoms with Gasteiger partial charge < -0.3 is 4.74 Å². The number of nitrogens with zero attached hydrogens (tertiary/aromatic N) is 3. The van der Waals surface area contributed by atoms with Gasteiger partial charge in [0.15, 0.2) is 0 Å². The molecule has 0 amide bonds. The van der Waals surface area contributed by atoms with Crippen LogP contribution in [0.5, 0.6) is 0 Å². The van der Waals surface area contributed by atoms with Crippen LogP contribution in [0.3, 0.4) is 0 Å². The SMILES string of the molecule is C[C@H]1Cn2nc(-c3ccc(F)cc3)c(-c3ccncc3)c2CO1. The largest absolute Gasteiger partial charge is 0.370 e. The number of hydrogen-bond donors (Lipinski definition) is 0. The Morgan fingerprint density at radius 2 is 1.83 bits per heavy atom. The van der Waals surface area contributed by atoms with Gasteiger partial charge >= 0.3 is 0 Å². The van der Waals surface area contributed by atoms with Crippen LogP contribution in [-0.4, -0.2) is 20.9 Å². The molecular formula is C18H16FN3O. The molecule has 0 fully saturated rings. The first-order chi connectivity index (χ1) is 11.2. The minimum absolute atomic E-state index is 0.133. The summed E-state index contributed by atoms with van der Waals surface area (Å²) in [7, 11) is 0. The van der Waals surface area contributed by atoms with E-state index in [1.165, 1.54) is 12.1 Å². The zero-order chi connectivity index (χ0) is 15.8. The van der Waals surface area contributed by atoms with Crippen molar-refractivity contribution in [3.63, 3.8) is 0 Å². The first-order valence-electron chi connectivity index (χ1n) is 7.60. The summed E-state index contributed by atoms with van der Waals surface area (Å²) in [6.45, 7) is 3.27. The van der Waals surface area contributed by atoms with Crippen molar-refractivity contribution in [1.29, 1.82) is 0 Å². The molecule has 0 bridgehead atoms. The number of fused-ring (bicyclic) bond motifs is 1. The fourth-order valence-corrected chi connectivity index (χ4v) is 2.94. The van der Waals surface area contributed by atoms with Crippen LogP contribution < -0.4 is 0 Å². The summed E-state index contributed by atoms with van der Waals surface area (Å²) in [6, 6.07) is 10.4. The molecule has 0 spiro atoms. The Morgan fingerprint density at radius 3 is 2.57 bits per heavy atom. The lowest BCUT2D eigenvalue weighted by atomic mass is 9.99. The Labute approximate surface area is 133 Å². The van der Waals surface area contributed by atoms with Crippen molar-refractivity contribution in [2.45, 2.75) is 26.2 Å². The van der Waals surface area contributed by atoms with Crippen LogP contribution in [0.25, 0.3) is 22.4 Å². The van der Waals surface area contributed by atoms with E-state index in [4.69, 9.17) is 9.84 Å². The van der Waals surface area contributed by atoms with Crippen LogP contribution in [0.1, 0.15) is 12.6 Å². The second-order valence-electron chi connectivity index (χ2n) is 5.72. The Kier molecular flexibility index (Phi) is 3.42. The fourth-order valence-electron chi connectivity index (χ4n) is 2.94. The van der Waals surface area contributed by atoms with Gasteiger partial charge in [-0.05, 0) is 48.9 Å². The first-order valence-corrected chi connectivity index (χ1v) is 7.60. The number of aromatic nitrogens is 3. The zero-order valence-corrected chi connectivity index (χ0v) is 12.7. The van der Waals surface area contributed by atoms with Gasteiger partial charge in [0, 0.05) is 23.5 Å². The molecule has 1 atom stereocenters. The van der Waals surface area contributed by atoms with Crippen molar-refractivity contribution in [1.82, 2.24) is 14.8 Å². The van der Waals surface area contributed by atoms with E-state index in [9.17, 15) is 4.39 Å². The molecular weight excluding hydrogens is 293 g/mol. The molecule has 116 valence electrons. The second kappa shape index (κ2) is 5.59. The topological polar surface area (TPSA) is 39.9 Å². The van der Waals surface area contributed by atoms with Crippen molar-refractivity contribution in [2.24, 2.45) is 0 Å². The molecule has 2 aromatic heterocycles. The molecule has 0 radical (unpaired) electrons. The molecule has 0 aliphatic carbocycles. The second-order valence-corrected chi connectivity index (χ2v) is 5.72. The molecule has 0 unspecified atom stereocenters. The van der Waals surface area contributed by atoms with Crippen LogP contribution >= 0.6 is 0 Å². The number of benzene rings is 1. The monoisotopic (exact) mass is 309 g/mol. The fraction of sp³-hybridized carbons (Fsp3) is 0.222. The van der Waals surface area contributed by atoms with Gasteiger partial charge in [-0.2, -0.15) is 5.10 Å². The predicted octanol–water partition coefficient (Wildman–Crippen LogP) is 3.67. The molecule has 1 aromatic carbocycles. The lowest BCUT2D eigenvalue weighted by molar-refractivity contribution is 0.0128. The standard InChI is InChI=1S/C18H16FN3O/c1-12-10-22-16(11-23-12)17(13-6-8-20-9-7-13)18(21-22)14-2-4-15(19)5-3-14/h2-9,12H,10-11H2,1H3/t12-/m0/s1. The van der Waals surface area contributed by atoms with Crippen LogP contribution in [0.2, 0.25) is 0 Å². The smallest absolute Gasteiger partial charge is 0.123 e. The van der Waals surface area contributed by atoms with E-state index in [-0.39, 0.29) is 11.9 Å². The van der Waals surface area contributed by atoms with Gasteiger partial charge in [-0.1, -0.05) is 0 Å². The van der Waals surface area contributed by atoms with Crippen molar-refractivity contribution in [3.8, 4) is 22.4 Å². The van der Waals surface area contributed by atoms with Crippen molar-refractivity contribution < 1.29 is 9.13 Å². The third-order valence-corrected chi connectivity index (χ3v) is 4.08. The Balaban J connectivity index is 1.93. The quantitative estimate of drug-likeness (QED) is 0.725. The van der Waals surface area contributed by atoms with E-state index < -0.39 is 0 Å². The lowest BCUT2D eigenvalue weighted by Gasteiger charge is -2.21. The molecule has 4 nitrogen and oxygen atoms in total. The number of ether oxygens (including phenoxy) is 1. The summed E-state index contributed by atoms with van der Waals surface area (Å²) in [4.78, 5) is 4.09. The minimum atomic E-state index is -0.250. The summed E-state index contributed by atoms with van der Waals surface area (Å²) >= 11 is 0. The van der Waals surface area contributed by atoms with Gasteiger partial charge in [-0.15, -0.1) is 0 Å². The van der Waals surface area contributed by atoms with E-state index in [1.54, 1.807) is 24.5 Å². The van der Waals surface area contributed by atoms with Crippen LogP contribution in [-0.2, 0) is 17.9 Å². The normalized spacial score (nSPS) is 17.0. The summed E-state index contributed by atoms with van der Waals surface area (Å²) in [5.74, 6) is -0.250. The van der Waals surface area contributed by atoms with E-state index in [0.717, 1.165) is 28.1 Å². The maximum atomic E-state index is 13.3. The summed E-state index contributed by atoms with van der Waals surface area (Å²) in [5, 5.41) is 4.77. The molecule has 0 saturated carbocycles. The molecule has 0 N–H and O–H groups in total. The highest BCUT2D eigenvalue weighted by molar-refractivity contribution is 5.82. The Bertz CT molecular complexity index is 827. The third-order valence-electron chi connectivity index (χ3n) is 4.08. The predicted molar refractivity (Wildman–Crippen MR) is 85.1 cm³/mol. The Hall–Kier alpha value is -2.53. The minimum Gasteiger partial charge on any atom is -0.370 e. The van der Waals surface area contributed by atoms with E-state index in [0.29, 0.717) is 13.2 Å². The van der Waals surface area contributed by atoms with Gasteiger partial charge in [0.25, 0.3) is 0 Å². The summed E-state index contributed by atoms with van der Waals surface area (Å²) < 4.78 is 21.1. The van der Waals surface area contributed by atoms with Gasteiger partial charge in [-0.25, -0.2) is 4.39 Å². The van der Waals surface area contributed by atoms with Gasteiger partial charge in [0.05, 0.1) is 24.9 Å². The Morgan fingerprint density at radius 1 is 1.09 bits per heavy atom. The molecule has 0 saturated heterocycles. The number of pyridine rings is 1. The number of hydrogen-bond acceptors (Lipinski definition) is 3. The average molecular weight is 309 g/mol. The number of rotatable bonds is 2.